The molecule has 0 aromatic heterocycles. The molecule has 0 fully saturated rings. The second kappa shape index (κ2) is 7.80. The van der Waals surface area contributed by atoms with Crippen LogP contribution >= 0.6 is 0 Å². The second-order valence-corrected chi connectivity index (χ2v) is 4.48. The summed E-state index contributed by atoms with van der Waals surface area (Å²) in [7, 11) is 3.91. The van der Waals surface area contributed by atoms with E-state index in [-0.39, 0.29) is 0 Å². The number of hydrogen-bond acceptors (Lipinski definition) is 7. The molecule has 0 rings (SSSR count). The van der Waals surface area contributed by atoms with Crippen molar-refractivity contribution in [1.82, 2.24) is 0 Å². The Morgan fingerprint density at radius 1 is 0.846 bits per heavy atom. The van der Waals surface area contributed by atoms with Gasteiger partial charge in [-0.2, -0.15) is 0 Å². The van der Waals surface area contributed by atoms with E-state index < -0.39 is 18.1 Å². The zero-order valence-electron chi connectivity index (χ0n) is 8.06. The SMILES string of the molecule is CC[O][Ti]([O]OC)([O]OC)[O]OC. The van der Waals surface area contributed by atoms with Crippen molar-refractivity contribution in [1.29, 1.82) is 0 Å². The molecule has 0 heterocycles. The van der Waals surface area contributed by atoms with E-state index in [1.54, 1.807) is 6.92 Å². The van der Waals surface area contributed by atoms with Crippen LogP contribution in [0.2, 0.25) is 0 Å². The molecule has 0 saturated carbocycles. The van der Waals surface area contributed by atoms with Crippen LogP contribution in [0.4, 0.5) is 0 Å². The Labute approximate surface area is 81.8 Å². The molecule has 0 unspecified atom stereocenters. The Morgan fingerprint density at radius 2 is 1.23 bits per heavy atom. The first kappa shape index (κ1) is 13.4. The van der Waals surface area contributed by atoms with Gasteiger partial charge in [0.15, 0.2) is 0 Å². The molecule has 0 spiro atoms. The van der Waals surface area contributed by atoms with Gasteiger partial charge in [0.25, 0.3) is 0 Å². The van der Waals surface area contributed by atoms with E-state index in [2.05, 4.69) is 14.7 Å². The molecule has 0 N–H and O–H groups in total. The van der Waals surface area contributed by atoms with Crippen molar-refractivity contribution >= 4 is 0 Å². The Hall–Kier alpha value is 0.434. The van der Waals surface area contributed by atoms with Crippen molar-refractivity contribution < 1.29 is 46.5 Å². The van der Waals surface area contributed by atoms with Crippen molar-refractivity contribution in [3.8, 4) is 0 Å². The van der Waals surface area contributed by atoms with Crippen LogP contribution in [0.25, 0.3) is 0 Å². The van der Waals surface area contributed by atoms with E-state index in [9.17, 15) is 0 Å². The van der Waals surface area contributed by atoms with E-state index in [1.165, 1.54) is 21.3 Å². The molecule has 7 nitrogen and oxygen atoms in total. The minimum absolute atomic E-state index is 0.329. The predicted molar refractivity (Wildman–Crippen MR) is 35.9 cm³/mol. The fourth-order valence-electron chi connectivity index (χ4n) is 0.597. The molecule has 13 heavy (non-hydrogen) atoms. The van der Waals surface area contributed by atoms with E-state index in [0.29, 0.717) is 6.61 Å². The van der Waals surface area contributed by atoms with Crippen molar-refractivity contribution in [2.24, 2.45) is 0 Å². The van der Waals surface area contributed by atoms with Crippen molar-refractivity contribution in [2.75, 3.05) is 27.9 Å². The first-order valence-corrected chi connectivity index (χ1v) is 6.09. The van der Waals surface area contributed by atoms with Crippen LogP contribution in [-0.2, 0) is 46.5 Å². The molecule has 0 aliphatic rings. The second-order valence-electron chi connectivity index (χ2n) is 1.68. The third-order valence-electron chi connectivity index (χ3n) is 0.877. The standard InChI is InChI=1S/C2H5O.3CH4O2.Ti/c1-2-3;3*1-3-2;/h2H2,1H3;3*2H,1H3;/q-1;;;;+4/p-3. The summed E-state index contributed by atoms with van der Waals surface area (Å²) < 4.78 is 19.3. The van der Waals surface area contributed by atoms with Gasteiger partial charge in [0.1, 0.15) is 0 Å². The summed E-state index contributed by atoms with van der Waals surface area (Å²) in [6.07, 6.45) is 0. The fraction of sp³-hybridized carbons (Fsp3) is 1.00. The predicted octanol–water partition coefficient (Wildman–Crippen LogP) is 0.571. The zero-order chi connectivity index (χ0) is 10.2. The molecule has 0 atom stereocenters. The summed E-state index contributed by atoms with van der Waals surface area (Å²) in [4.78, 5) is 13.2. The van der Waals surface area contributed by atoms with Crippen LogP contribution in [0.3, 0.4) is 0 Å². The van der Waals surface area contributed by atoms with Crippen molar-refractivity contribution in [3.05, 3.63) is 0 Å². The molecule has 0 aromatic rings. The quantitative estimate of drug-likeness (QED) is 0.345. The monoisotopic (exact) mass is 234 g/mol. The molecule has 80 valence electrons. The van der Waals surface area contributed by atoms with Gasteiger partial charge >= 0.3 is 81.4 Å². The van der Waals surface area contributed by atoms with Gasteiger partial charge < -0.3 is 0 Å². The van der Waals surface area contributed by atoms with Crippen LogP contribution in [0, 0.1) is 0 Å². The van der Waals surface area contributed by atoms with Gasteiger partial charge in [-0.1, -0.05) is 0 Å². The van der Waals surface area contributed by atoms with Crippen LogP contribution in [-0.4, -0.2) is 27.9 Å². The van der Waals surface area contributed by atoms with Crippen molar-refractivity contribution in [2.45, 2.75) is 6.92 Å². The van der Waals surface area contributed by atoms with Gasteiger partial charge in [-0.3, -0.25) is 0 Å². The van der Waals surface area contributed by atoms with Gasteiger partial charge in [0.2, 0.25) is 0 Å². The molecule has 0 saturated heterocycles. The van der Waals surface area contributed by atoms with Crippen LogP contribution in [0.5, 0.6) is 0 Å². The molecule has 0 aliphatic heterocycles. The molecular weight excluding hydrogens is 220 g/mol. The summed E-state index contributed by atoms with van der Waals surface area (Å²) >= 11 is -3.99. The average molecular weight is 234 g/mol. The van der Waals surface area contributed by atoms with Gasteiger partial charge in [-0.05, 0) is 0 Å². The van der Waals surface area contributed by atoms with E-state index in [0.717, 1.165) is 0 Å². The minimum atomic E-state index is -3.99. The molecule has 0 amide bonds. The van der Waals surface area contributed by atoms with Gasteiger partial charge in [0.05, 0.1) is 0 Å². The topological polar surface area (TPSA) is 64.6 Å². The van der Waals surface area contributed by atoms with E-state index in [1.807, 2.05) is 0 Å². The summed E-state index contributed by atoms with van der Waals surface area (Å²) in [5.41, 5.74) is 0. The Balaban J connectivity index is 4.19. The third-order valence-corrected chi connectivity index (χ3v) is 3.62. The normalized spacial score (nSPS) is 12.0. The number of rotatable bonds is 8. The summed E-state index contributed by atoms with van der Waals surface area (Å²) in [6.45, 7) is 2.08. The fourth-order valence-corrected chi connectivity index (χ4v) is 2.46. The summed E-state index contributed by atoms with van der Waals surface area (Å²) in [5.74, 6) is 0. The average Bonchev–Trinajstić information content (AvgIpc) is 2.06. The molecule has 0 radical (unpaired) electrons. The first-order valence-electron chi connectivity index (χ1n) is 3.54. The number of hydrogen-bond donors (Lipinski definition) is 0. The Bertz CT molecular complexity index is 91.9. The Kier molecular flexibility index (Phi) is 8.06. The van der Waals surface area contributed by atoms with Crippen LogP contribution in [0.15, 0.2) is 0 Å². The van der Waals surface area contributed by atoms with Gasteiger partial charge in [-0.15, -0.1) is 0 Å². The van der Waals surface area contributed by atoms with Crippen LogP contribution < -0.4 is 0 Å². The van der Waals surface area contributed by atoms with Crippen molar-refractivity contribution in [3.63, 3.8) is 0 Å². The third kappa shape index (κ3) is 5.01. The van der Waals surface area contributed by atoms with Crippen LogP contribution in [0.1, 0.15) is 6.92 Å². The van der Waals surface area contributed by atoms with E-state index >= 15 is 0 Å². The molecular formula is C5H14O7Ti. The summed E-state index contributed by atoms with van der Waals surface area (Å²) in [5, 5.41) is 0. The van der Waals surface area contributed by atoms with Gasteiger partial charge in [-0.25, -0.2) is 0 Å². The first-order chi connectivity index (χ1) is 6.24. The summed E-state index contributed by atoms with van der Waals surface area (Å²) in [6, 6.07) is 0. The van der Waals surface area contributed by atoms with E-state index in [4.69, 9.17) is 13.7 Å². The maximum atomic E-state index is 5.10. The van der Waals surface area contributed by atoms with Gasteiger partial charge in [0, 0.05) is 0 Å². The Morgan fingerprint density at radius 3 is 1.46 bits per heavy atom. The molecule has 8 heteroatoms. The molecule has 0 bridgehead atoms. The maximum absolute atomic E-state index is 5.10. The zero-order valence-corrected chi connectivity index (χ0v) is 9.63. The molecule has 0 aliphatic carbocycles. The molecule has 0 aromatic carbocycles.